The highest BCUT2D eigenvalue weighted by Gasteiger charge is 2.24. The van der Waals surface area contributed by atoms with Crippen LogP contribution in [0.4, 0.5) is 94.4 Å². The molecule has 12 heterocycles. The molecule has 1 unspecified atom stereocenters. The highest BCUT2D eigenvalue weighted by Crippen LogP contribution is 2.43. The second kappa shape index (κ2) is 47.1. The Morgan fingerprint density at radius 2 is 0.889 bits per heavy atom. The van der Waals surface area contributed by atoms with Crippen molar-refractivity contribution in [3.63, 3.8) is 0 Å². The van der Waals surface area contributed by atoms with Crippen molar-refractivity contribution in [1.29, 1.82) is 15.8 Å². The van der Waals surface area contributed by atoms with Crippen molar-refractivity contribution in [3.05, 3.63) is 284 Å². The number of nitrogens with zero attached hydrogens (tertiary/aromatic N) is 16. The molecule has 1 atom stereocenters. The lowest BCUT2D eigenvalue weighted by atomic mass is 10.1. The molecule has 4 aliphatic heterocycles. The van der Waals surface area contributed by atoms with Crippen LogP contribution in [0.3, 0.4) is 0 Å². The number of pyridine rings is 1. The number of piperidine rings is 2. The third-order valence-corrected chi connectivity index (χ3v) is 24.0. The number of halogens is 3. The summed E-state index contributed by atoms with van der Waals surface area (Å²) in [6, 6.07) is 64.5. The zero-order valence-electron chi connectivity index (χ0n) is 79.1. The Hall–Kier alpha value is -17.4. The van der Waals surface area contributed by atoms with Gasteiger partial charge in [-0.3, -0.25) is 9.88 Å². The molecule has 38 heteroatoms. The maximum atomic E-state index is 14.8. The van der Waals surface area contributed by atoms with Crippen LogP contribution in [0.2, 0.25) is 0 Å². The molecular weight excluding hydrogens is 1860 g/mol. The molecule has 0 saturated carbocycles. The number of nitrogens with one attached hydrogen (secondary N) is 6. The number of aromatic nitrogens is 9. The summed E-state index contributed by atoms with van der Waals surface area (Å²) in [5, 5.41) is 47.7. The topological polar surface area (TPSA) is 402 Å². The first kappa shape index (κ1) is 98.2. The van der Waals surface area contributed by atoms with Crippen LogP contribution in [-0.4, -0.2) is 179 Å². The molecule has 9 aromatic carbocycles. The number of morpholine rings is 2. The van der Waals surface area contributed by atoms with Gasteiger partial charge in [0.25, 0.3) is 30.1 Å². The lowest BCUT2D eigenvalue weighted by Gasteiger charge is -2.33. The largest absolute Gasteiger partial charge is 0.493 e. The van der Waals surface area contributed by atoms with Gasteiger partial charge in [0, 0.05) is 196 Å². The van der Waals surface area contributed by atoms with Gasteiger partial charge in [-0.2, -0.15) is 20.9 Å². The van der Waals surface area contributed by atoms with Crippen LogP contribution >= 0.6 is 0 Å². The minimum absolute atomic E-state index is 0.216. The molecule has 8 aromatic heterocycles. The summed E-state index contributed by atoms with van der Waals surface area (Å²) in [5.74, 6) is 7.10. The molecule has 734 valence electrons. The summed E-state index contributed by atoms with van der Waals surface area (Å²) in [4.78, 5) is 38.9. The van der Waals surface area contributed by atoms with E-state index >= 15 is 0 Å². The number of ether oxygens (including phenoxy) is 6. The molecule has 4 aliphatic rings. The molecule has 0 aliphatic carbocycles. The van der Waals surface area contributed by atoms with Crippen LogP contribution in [0.1, 0.15) is 55.2 Å². The molecule has 0 amide bonds. The van der Waals surface area contributed by atoms with E-state index in [1.807, 2.05) is 30.3 Å². The maximum absolute atomic E-state index is 14.8. The highest BCUT2D eigenvalue weighted by atomic mass is 32.2. The summed E-state index contributed by atoms with van der Waals surface area (Å²) in [6.45, 7) is 11.8. The molecule has 0 bridgehead atoms. The van der Waals surface area contributed by atoms with Crippen LogP contribution in [0.25, 0.3) is 73.2 Å². The van der Waals surface area contributed by atoms with Gasteiger partial charge in [0.15, 0.2) is 45.9 Å². The van der Waals surface area contributed by atoms with Crippen molar-refractivity contribution in [3.8, 4) is 98.0 Å². The Morgan fingerprint density at radius 1 is 0.431 bits per heavy atom. The Morgan fingerprint density at radius 3 is 1.41 bits per heavy atom. The average Bonchev–Trinajstić information content (AvgIpc) is 1.66. The fourth-order valence-electron chi connectivity index (χ4n) is 16.3. The van der Waals surface area contributed by atoms with E-state index in [0.717, 1.165) is 132 Å². The first-order valence-corrected chi connectivity index (χ1v) is 48.4. The Balaban J connectivity index is 0.000000124. The van der Waals surface area contributed by atoms with Gasteiger partial charge in [-0.1, -0.05) is 12.1 Å². The number of anilines is 14. The van der Waals surface area contributed by atoms with Gasteiger partial charge in [-0.05, 0) is 202 Å². The lowest BCUT2D eigenvalue weighted by molar-refractivity contribution is 0.0322. The van der Waals surface area contributed by atoms with Crippen molar-refractivity contribution < 1.29 is 67.9 Å². The zero-order valence-corrected chi connectivity index (χ0v) is 79.9. The SMILES string of the molecule is C=S(C)(=O)Nc1cccc(Nc2ncc(-c3ccc4cnccc4c3F)o2)c1.COc1cc(Nc2ncc(-c3cnc4cccnn34)o2)cc(OC)c1OC.N#Cc1ccc(-c2cnc(Nc3cc(F)cc(N4CCCCC4)c3)o2)cc1.N#Cc1ccc(-c2cnc(Nc3cc(F)cc(OCCN4CCOCC4)c3)o2)cc1.N#Cc1ccc(-c2cnc(Nc3cc(N4CCCCC4)cc(N4CCOCC4)c3)o2)cc1. The molecule has 0 spiro atoms. The molecule has 34 nitrogen and oxygen atoms in total. The number of hydrogen-bond acceptors (Lipinski definition) is 32. The molecule has 6 N–H and O–H groups in total. The highest BCUT2D eigenvalue weighted by molar-refractivity contribution is 8.00. The van der Waals surface area contributed by atoms with Crippen molar-refractivity contribution in [2.75, 3.05) is 166 Å². The number of methoxy groups -OCH3 is 3. The Bertz CT molecular complexity index is 7420. The third-order valence-electron chi connectivity index (χ3n) is 23.3. The number of benzene rings is 9. The Labute approximate surface area is 827 Å². The predicted octanol–water partition coefficient (Wildman–Crippen LogP) is 21.3. The van der Waals surface area contributed by atoms with E-state index in [2.05, 4.69) is 133 Å². The van der Waals surface area contributed by atoms with Crippen LogP contribution in [-0.2, 0) is 19.2 Å². The second-order valence-corrected chi connectivity index (χ2v) is 35.7. The smallest absolute Gasteiger partial charge is 0.299 e. The lowest BCUT2D eigenvalue weighted by Crippen LogP contribution is -2.38. The summed E-state index contributed by atoms with van der Waals surface area (Å²) in [6.07, 6.45) is 23.3. The van der Waals surface area contributed by atoms with E-state index < -0.39 is 15.5 Å². The number of imidazole rings is 1. The first-order chi connectivity index (χ1) is 70.3. The van der Waals surface area contributed by atoms with Crippen LogP contribution < -0.4 is 65.0 Å². The van der Waals surface area contributed by atoms with E-state index in [-0.39, 0.29) is 23.7 Å². The molecule has 0 radical (unpaired) electrons. The van der Waals surface area contributed by atoms with Crippen molar-refractivity contribution >= 4 is 113 Å². The van der Waals surface area contributed by atoms with Gasteiger partial charge in [0.2, 0.25) is 5.75 Å². The maximum Gasteiger partial charge on any atom is 0.299 e. The van der Waals surface area contributed by atoms with E-state index in [1.165, 1.54) is 67.7 Å². The average molecular weight is 1960 g/mol. The third kappa shape index (κ3) is 26.0. The van der Waals surface area contributed by atoms with Crippen LogP contribution in [0, 0.1) is 51.4 Å². The van der Waals surface area contributed by atoms with Gasteiger partial charge < -0.3 is 96.5 Å². The van der Waals surface area contributed by atoms with Crippen LogP contribution in [0.15, 0.2) is 272 Å². The fraction of sp³-hybridized carbons (Fsp3) is 0.226. The van der Waals surface area contributed by atoms with Crippen molar-refractivity contribution in [1.82, 2.24) is 49.4 Å². The molecule has 144 heavy (non-hydrogen) atoms. The first-order valence-electron chi connectivity index (χ1n) is 46.3. The number of oxazole rings is 5. The molecule has 17 aromatic rings. The standard InChI is InChI=1S/C25H27N5O2.C22H21FN4O3.C21H19FN4O.C20H17FN4O2S.C18H17N5O4/c26-17-19-4-6-20(7-5-19)24-18-27-25(32-24)28-21-14-22(29-8-2-1-3-9-29)16-23(15-21)30-10-12-31-13-11-30;23-18-11-19(13-20(12-18)29-10-7-27-5-8-28-9-6-27)26-22-25-15-21(30-22)17-3-1-16(14-24)2-4-17;22-17-10-18(12-19(11-17)26-8-2-1-3-9-26)25-21-24-14-20(27-21)16-6-4-15(13-23)5-7-16;1-28(2,26)25-15-5-3-4-14(10-15)24-20-23-12-18(27-20)17-7-6-13-11-22-9-8-16(13)19(17)21;1-24-13-7-11(8-14(25-2)17(13)26-3)22-18-20-10-15(27-18)12-9-19-16-5-4-6-21-23(12)16/h4-7,14-16,18H,1-3,8-13H2,(H,27,28);1-4,11-13,15H,5-10H2,(H,25,26);4-7,10-12,14H,1-3,8-9H2,(H,24,25);3-12H,1H2,2H3,(H,23,24)(H,25,26);4-10H,1-3H3,(H,20,22). The number of nitriles is 3. The van der Waals surface area contributed by atoms with Gasteiger partial charge in [-0.15, -0.1) is 0 Å². The minimum atomic E-state index is -2.38. The fourth-order valence-corrected chi connectivity index (χ4v) is 16.9. The molecule has 4 fully saturated rings. The summed E-state index contributed by atoms with van der Waals surface area (Å²) < 4.78 is 121. The summed E-state index contributed by atoms with van der Waals surface area (Å²) >= 11 is 0. The van der Waals surface area contributed by atoms with E-state index in [9.17, 15) is 17.4 Å². The molecule has 4 saturated heterocycles. The number of fused-ring (bicyclic) bond motifs is 2. The van der Waals surface area contributed by atoms with E-state index in [1.54, 1.807) is 203 Å². The van der Waals surface area contributed by atoms with Gasteiger partial charge >= 0.3 is 0 Å². The van der Waals surface area contributed by atoms with E-state index in [4.69, 9.17) is 66.3 Å². The summed E-state index contributed by atoms with van der Waals surface area (Å²) in [7, 11) is 2.28. The number of hydrogen-bond donors (Lipinski definition) is 6. The Kier molecular flexibility index (Phi) is 32.1. The molecule has 21 rings (SSSR count). The normalized spacial score (nSPS) is 13.9. The number of rotatable bonds is 27. The van der Waals surface area contributed by atoms with Gasteiger partial charge in [-0.25, -0.2) is 51.8 Å². The summed E-state index contributed by atoms with van der Waals surface area (Å²) in [5.41, 5.74) is 13.4. The quantitative estimate of drug-likeness (QED) is 0.0260. The zero-order chi connectivity index (χ0) is 99.7. The van der Waals surface area contributed by atoms with Crippen LogP contribution in [0.5, 0.6) is 23.0 Å². The minimum Gasteiger partial charge on any atom is -0.493 e. The predicted molar refractivity (Wildman–Crippen MR) is 547 cm³/mol. The van der Waals surface area contributed by atoms with E-state index in [0.29, 0.717) is 144 Å². The van der Waals surface area contributed by atoms with Gasteiger partial charge in [0.1, 0.15) is 35.5 Å². The van der Waals surface area contributed by atoms with Crippen molar-refractivity contribution in [2.24, 2.45) is 0 Å². The van der Waals surface area contributed by atoms with Gasteiger partial charge in [0.05, 0.1) is 125 Å². The second-order valence-electron chi connectivity index (χ2n) is 33.5. The monoisotopic (exact) mass is 1960 g/mol. The van der Waals surface area contributed by atoms with Crippen molar-refractivity contribution in [2.45, 2.75) is 38.5 Å². The molecular formula is C106H101F3N22O12S.